The summed E-state index contributed by atoms with van der Waals surface area (Å²) in [6.07, 6.45) is 0. The fraction of sp³-hybridized carbons (Fsp3) is 0.467. The maximum absolute atomic E-state index is 12.2. The van der Waals surface area contributed by atoms with E-state index in [1.807, 2.05) is 32.9 Å². The number of rotatable bonds is 6. The van der Waals surface area contributed by atoms with Crippen LogP contribution in [-0.2, 0) is 9.63 Å². The van der Waals surface area contributed by atoms with E-state index in [1.54, 1.807) is 19.1 Å². The van der Waals surface area contributed by atoms with E-state index in [1.165, 1.54) is 0 Å². The highest BCUT2D eigenvalue weighted by Gasteiger charge is 2.25. The first kappa shape index (κ1) is 16.2. The van der Waals surface area contributed by atoms with Gasteiger partial charge in [-0.1, -0.05) is 32.0 Å². The molecule has 0 saturated heterocycles. The molecular formula is C15H22N2O3. The first-order valence-electron chi connectivity index (χ1n) is 6.75. The third-order valence-electron chi connectivity index (χ3n) is 2.94. The van der Waals surface area contributed by atoms with Gasteiger partial charge < -0.3 is 5.32 Å². The van der Waals surface area contributed by atoms with Crippen molar-refractivity contribution in [3.63, 3.8) is 0 Å². The van der Waals surface area contributed by atoms with Gasteiger partial charge in [0, 0.05) is 5.56 Å². The predicted molar refractivity (Wildman–Crippen MR) is 77.0 cm³/mol. The van der Waals surface area contributed by atoms with Gasteiger partial charge in [-0.15, -0.1) is 0 Å². The van der Waals surface area contributed by atoms with Crippen LogP contribution in [0.15, 0.2) is 24.3 Å². The van der Waals surface area contributed by atoms with E-state index in [2.05, 4.69) is 10.8 Å². The molecule has 0 radical (unpaired) electrons. The van der Waals surface area contributed by atoms with Crippen LogP contribution >= 0.6 is 0 Å². The Kier molecular flexibility index (Phi) is 6.18. The van der Waals surface area contributed by atoms with E-state index in [0.29, 0.717) is 12.2 Å². The monoisotopic (exact) mass is 278 g/mol. The molecule has 5 heteroatoms. The van der Waals surface area contributed by atoms with E-state index in [0.717, 1.165) is 5.56 Å². The largest absolute Gasteiger partial charge is 0.340 e. The Bertz CT molecular complexity index is 472. The lowest BCUT2D eigenvalue weighted by molar-refractivity contribution is -0.136. The maximum atomic E-state index is 12.2. The molecule has 1 unspecified atom stereocenters. The molecule has 0 aliphatic rings. The number of nitrogens with one attached hydrogen (secondary N) is 2. The van der Waals surface area contributed by atoms with Crippen LogP contribution in [0.25, 0.3) is 0 Å². The summed E-state index contributed by atoms with van der Waals surface area (Å²) in [5.74, 6) is -0.638. The van der Waals surface area contributed by atoms with Crippen molar-refractivity contribution in [1.29, 1.82) is 0 Å². The molecule has 1 aromatic carbocycles. The molecule has 110 valence electrons. The Morgan fingerprint density at radius 3 is 2.45 bits per heavy atom. The predicted octanol–water partition coefficient (Wildman–Crippen LogP) is 1.82. The van der Waals surface area contributed by atoms with Crippen molar-refractivity contribution in [1.82, 2.24) is 10.8 Å². The van der Waals surface area contributed by atoms with Gasteiger partial charge in [0.25, 0.3) is 11.8 Å². The maximum Gasteiger partial charge on any atom is 0.266 e. The number of carbonyl (C=O) groups is 2. The number of carbonyl (C=O) groups excluding carboxylic acids is 2. The summed E-state index contributed by atoms with van der Waals surface area (Å²) < 4.78 is 0. The number of hydroxylamine groups is 1. The molecule has 0 saturated carbocycles. The smallest absolute Gasteiger partial charge is 0.266 e. The summed E-state index contributed by atoms with van der Waals surface area (Å²) in [6.45, 7) is 7.75. The number of benzene rings is 1. The molecule has 0 bridgehead atoms. The average Bonchev–Trinajstić information content (AvgIpc) is 2.42. The second-order valence-electron chi connectivity index (χ2n) is 4.91. The highest BCUT2D eigenvalue weighted by Crippen LogP contribution is 2.09. The summed E-state index contributed by atoms with van der Waals surface area (Å²) in [7, 11) is 0. The van der Waals surface area contributed by atoms with Crippen molar-refractivity contribution >= 4 is 11.8 Å². The minimum Gasteiger partial charge on any atom is -0.340 e. The average molecular weight is 278 g/mol. The van der Waals surface area contributed by atoms with E-state index < -0.39 is 6.04 Å². The highest BCUT2D eigenvalue weighted by atomic mass is 16.6. The van der Waals surface area contributed by atoms with Gasteiger partial charge in [0.05, 0.1) is 6.61 Å². The van der Waals surface area contributed by atoms with Crippen LogP contribution in [-0.4, -0.2) is 24.5 Å². The van der Waals surface area contributed by atoms with E-state index in [4.69, 9.17) is 4.84 Å². The molecule has 1 aromatic rings. The van der Waals surface area contributed by atoms with Crippen molar-refractivity contribution in [2.24, 2.45) is 5.92 Å². The fourth-order valence-electron chi connectivity index (χ4n) is 1.79. The van der Waals surface area contributed by atoms with Crippen LogP contribution in [0, 0.1) is 12.8 Å². The zero-order chi connectivity index (χ0) is 15.1. The molecule has 1 atom stereocenters. The van der Waals surface area contributed by atoms with Gasteiger partial charge in [-0.05, 0) is 31.4 Å². The van der Waals surface area contributed by atoms with Crippen LogP contribution < -0.4 is 10.8 Å². The molecule has 0 aromatic heterocycles. The van der Waals surface area contributed by atoms with Gasteiger partial charge in [-0.25, -0.2) is 5.48 Å². The molecule has 0 aliphatic heterocycles. The number of aryl methyl sites for hydroxylation is 1. The van der Waals surface area contributed by atoms with Crippen LogP contribution in [0.2, 0.25) is 0 Å². The summed E-state index contributed by atoms with van der Waals surface area (Å²) in [4.78, 5) is 29.1. The Labute approximate surface area is 119 Å². The summed E-state index contributed by atoms with van der Waals surface area (Å²) in [6, 6.07) is 6.64. The van der Waals surface area contributed by atoms with Gasteiger partial charge >= 0.3 is 0 Å². The first-order chi connectivity index (χ1) is 9.47. The van der Waals surface area contributed by atoms with Crippen LogP contribution in [0.5, 0.6) is 0 Å². The summed E-state index contributed by atoms with van der Waals surface area (Å²) in [5.41, 5.74) is 3.78. The zero-order valence-electron chi connectivity index (χ0n) is 12.4. The quantitative estimate of drug-likeness (QED) is 0.780. The molecule has 20 heavy (non-hydrogen) atoms. The van der Waals surface area contributed by atoms with Crippen molar-refractivity contribution in [2.75, 3.05) is 6.61 Å². The van der Waals surface area contributed by atoms with Crippen LogP contribution in [0.3, 0.4) is 0 Å². The number of hydrogen-bond donors (Lipinski definition) is 2. The minimum atomic E-state index is -0.631. The molecule has 0 fully saturated rings. The minimum absolute atomic E-state index is 0.0385. The molecule has 2 amide bonds. The van der Waals surface area contributed by atoms with Crippen molar-refractivity contribution in [2.45, 2.75) is 33.7 Å². The van der Waals surface area contributed by atoms with Crippen molar-refractivity contribution < 1.29 is 14.4 Å². The number of amides is 2. The third kappa shape index (κ3) is 4.35. The molecule has 0 spiro atoms. The second-order valence-corrected chi connectivity index (χ2v) is 4.91. The lowest BCUT2D eigenvalue weighted by Gasteiger charge is -2.21. The number of hydrogen-bond acceptors (Lipinski definition) is 3. The normalized spacial score (nSPS) is 12.1. The molecule has 0 heterocycles. The molecule has 5 nitrogen and oxygen atoms in total. The van der Waals surface area contributed by atoms with E-state index in [-0.39, 0.29) is 17.7 Å². The van der Waals surface area contributed by atoms with E-state index >= 15 is 0 Å². The lowest BCUT2D eigenvalue weighted by atomic mass is 10.0. The molecule has 2 N–H and O–H groups in total. The first-order valence-corrected chi connectivity index (χ1v) is 6.75. The summed E-state index contributed by atoms with van der Waals surface area (Å²) in [5, 5.41) is 2.75. The topological polar surface area (TPSA) is 67.4 Å². The van der Waals surface area contributed by atoms with Gasteiger partial charge in [0.15, 0.2) is 0 Å². The Morgan fingerprint density at radius 2 is 1.90 bits per heavy atom. The Hall–Kier alpha value is -1.88. The second kappa shape index (κ2) is 7.65. The SMILES string of the molecule is CCONC(=O)C(NC(=O)c1ccccc1C)C(C)C. The van der Waals surface area contributed by atoms with Gasteiger partial charge in [-0.2, -0.15) is 0 Å². The Morgan fingerprint density at radius 1 is 1.25 bits per heavy atom. The van der Waals surface area contributed by atoms with Crippen molar-refractivity contribution in [3.8, 4) is 0 Å². The van der Waals surface area contributed by atoms with Crippen LogP contribution in [0.4, 0.5) is 0 Å². The van der Waals surface area contributed by atoms with Gasteiger partial charge in [0.1, 0.15) is 6.04 Å². The Balaban J connectivity index is 2.78. The van der Waals surface area contributed by atoms with Crippen LogP contribution in [0.1, 0.15) is 36.7 Å². The molecule has 0 aliphatic carbocycles. The molecular weight excluding hydrogens is 256 g/mol. The van der Waals surface area contributed by atoms with Gasteiger partial charge in [-0.3, -0.25) is 14.4 Å². The highest BCUT2D eigenvalue weighted by molar-refractivity contribution is 5.98. The lowest BCUT2D eigenvalue weighted by Crippen LogP contribution is -2.49. The van der Waals surface area contributed by atoms with Gasteiger partial charge in [0.2, 0.25) is 0 Å². The zero-order valence-corrected chi connectivity index (χ0v) is 12.4. The van der Waals surface area contributed by atoms with Crippen molar-refractivity contribution in [3.05, 3.63) is 35.4 Å². The molecule has 1 rings (SSSR count). The summed E-state index contributed by atoms with van der Waals surface area (Å²) >= 11 is 0. The third-order valence-corrected chi connectivity index (χ3v) is 2.94. The van der Waals surface area contributed by atoms with E-state index in [9.17, 15) is 9.59 Å². The standard InChI is InChI=1S/C15H22N2O3/c1-5-20-17-15(19)13(10(2)3)16-14(18)12-9-7-6-8-11(12)4/h6-10,13H,5H2,1-4H3,(H,16,18)(H,17,19). The fourth-order valence-corrected chi connectivity index (χ4v) is 1.79.